The second-order valence-corrected chi connectivity index (χ2v) is 5.84. The zero-order valence-corrected chi connectivity index (χ0v) is 12.5. The summed E-state index contributed by atoms with van der Waals surface area (Å²) in [7, 11) is 0. The molecule has 2 nitrogen and oxygen atoms in total. The van der Waals surface area contributed by atoms with Crippen LogP contribution in [0.4, 0.5) is 0 Å². The van der Waals surface area contributed by atoms with Gasteiger partial charge in [0.15, 0.2) is 0 Å². The molecule has 3 rings (SSSR count). The van der Waals surface area contributed by atoms with Crippen LogP contribution in [0.25, 0.3) is 0 Å². The number of hydrogen-bond donors (Lipinski definition) is 1. The lowest BCUT2D eigenvalue weighted by Crippen LogP contribution is -2.16. The zero-order chi connectivity index (χ0) is 14.7. The van der Waals surface area contributed by atoms with E-state index >= 15 is 0 Å². The predicted molar refractivity (Wildman–Crippen MR) is 84.7 cm³/mol. The molecule has 0 saturated heterocycles. The number of hydrogen-bond acceptors (Lipinski definition) is 2. The van der Waals surface area contributed by atoms with E-state index in [2.05, 4.69) is 24.3 Å². The Bertz CT molecular complexity index is 587. The van der Waals surface area contributed by atoms with Crippen LogP contribution in [-0.4, -0.2) is 11.7 Å². The van der Waals surface area contributed by atoms with Gasteiger partial charge in [0.25, 0.3) is 0 Å². The molecule has 2 aromatic rings. The molecule has 0 amide bonds. The maximum Gasteiger partial charge on any atom is 0.119 e. The Morgan fingerprint density at radius 1 is 1.14 bits per heavy atom. The fourth-order valence-electron chi connectivity index (χ4n) is 3.07. The van der Waals surface area contributed by atoms with Crippen LogP contribution in [0.3, 0.4) is 0 Å². The first-order valence-corrected chi connectivity index (χ1v) is 7.72. The van der Waals surface area contributed by atoms with E-state index in [1.54, 1.807) is 6.92 Å². The van der Waals surface area contributed by atoms with Crippen LogP contribution >= 0.6 is 0 Å². The second-order valence-electron chi connectivity index (χ2n) is 5.84. The molecule has 0 heterocycles. The summed E-state index contributed by atoms with van der Waals surface area (Å²) < 4.78 is 5.96. The van der Waals surface area contributed by atoms with Crippen LogP contribution < -0.4 is 4.74 Å². The van der Waals surface area contributed by atoms with Crippen LogP contribution in [0.1, 0.15) is 48.5 Å². The van der Waals surface area contributed by atoms with E-state index < -0.39 is 6.10 Å². The third kappa shape index (κ3) is 3.27. The molecule has 1 aliphatic rings. The lowest BCUT2D eigenvalue weighted by atomic mass is 9.83. The number of aliphatic hydroxyl groups is 1. The van der Waals surface area contributed by atoms with Crippen molar-refractivity contribution in [2.45, 2.75) is 38.2 Å². The number of fused-ring (bicyclic) bond motifs is 1. The summed E-state index contributed by atoms with van der Waals surface area (Å²) in [5, 5.41) is 9.52. The van der Waals surface area contributed by atoms with Crippen molar-refractivity contribution in [1.82, 2.24) is 0 Å². The molecule has 1 aliphatic carbocycles. The van der Waals surface area contributed by atoms with Gasteiger partial charge < -0.3 is 9.84 Å². The zero-order valence-electron chi connectivity index (χ0n) is 12.5. The largest absolute Gasteiger partial charge is 0.493 e. The fourth-order valence-corrected chi connectivity index (χ4v) is 3.07. The fraction of sp³-hybridized carbons (Fsp3) is 0.368. The molecule has 0 aromatic heterocycles. The van der Waals surface area contributed by atoms with E-state index in [4.69, 9.17) is 4.74 Å². The minimum atomic E-state index is -0.427. The third-order valence-electron chi connectivity index (χ3n) is 4.31. The first-order valence-electron chi connectivity index (χ1n) is 7.72. The quantitative estimate of drug-likeness (QED) is 0.909. The van der Waals surface area contributed by atoms with Crippen LogP contribution in [0.5, 0.6) is 5.75 Å². The highest BCUT2D eigenvalue weighted by molar-refractivity contribution is 5.33. The van der Waals surface area contributed by atoms with Gasteiger partial charge in [-0.3, -0.25) is 0 Å². The van der Waals surface area contributed by atoms with Crippen LogP contribution in [0, 0.1) is 0 Å². The van der Waals surface area contributed by atoms with Gasteiger partial charge in [-0.25, -0.2) is 0 Å². The maximum atomic E-state index is 9.52. The molecule has 2 aromatic carbocycles. The summed E-state index contributed by atoms with van der Waals surface area (Å²) in [6, 6.07) is 16.4. The van der Waals surface area contributed by atoms with E-state index in [1.165, 1.54) is 30.4 Å². The summed E-state index contributed by atoms with van der Waals surface area (Å²) in [5.74, 6) is 1.37. The van der Waals surface area contributed by atoms with E-state index in [0.717, 1.165) is 17.9 Å². The monoisotopic (exact) mass is 282 g/mol. The highest BCUT2D eigenvalue weighted by Gasteiger charge is 2.20. The molecule has 0 bridgehead atoms. The molecule has 2 unspecified atom stereocenters. The number of ether oxygens (including phenoxy) is 1. The Kier molecular flexibility index (Phi) is 4.26. The molecule has 2 heteroatoms. The van der Waals surface area contributed by atoms with Crippen molar-refractivity contribution in [3.63, 3.8) is 0 Å². The normalized spacial score (nSPS) is 18.9. The van der Waals surface area contributed by atoms with E-state index in [1.807, 2.05) is 24.3 Å². The van der Waals surface area contributed by atoms with Gasteiger partial charge in [-0.1, -0.05) is 36.4 Å². The number of benzene rings is 2. The maximum absolute atomic E-state index is 9.52. The Morgan fingerprint density at radius 3 is 2.67 bits per heavy atom. The van der Waals surface area contributed by atoms with E-state index in [0.29, 0.717) is 5.92 Å². The Hall–Kier alpha value is -1.80. The molecule has 2 atom stereocenters. The summed E-state index contributed by atoms with van der Waals surface area (Å²) in [6.45, 7) is 2.50. The summed E-state index contributed by atoms with van der Waals surface area (Å²) >= 11 is 0. The molecular formula is C19H22O2. The van der Waals surface area contributed by atoms with Gasteiger partial charge in [-0.05, 0) is 55.0 Å². The predicted octanol–water partition coefficient (Wildman–Crippen LogP) is 4.24. The van der Waals surface area contributed by atoms with Crippen molar-refractivity contribution in [2.75, 3.05) is 6.61 Å². The van der Waals surface area contributed by atoms with Gasteiger partial charge in [0.05, 0.1) is 12.7 Å². The number of rotatable bonds is 4. The molecule has 110 valence electrons. The van der Waals surface area contributed by atoms with Crippen molar-refractivity contribution < 1.29 is 9.84 Å². The van der Waals surface area contributed by atoms with Gasteiger partial charge in [0.2, 0.25) is 0 Å². The Labute approximate surface area is 126 Å². The molecule has 0 fully saturated rings. The lowest BCUT2D eigenvalue weighted by molar-refractivity contribution is 0.199. The van der Waals surface area contributed by atoms with Crippen molar-refractivity contribution in [1.29, 1.82) is 0 Å². The van der Waals surface area contributed by atoms with Crippen molar-refractivity contribution in [3.8, 4) is 5.75 Å². The summed E-state index contributed by atoms with van der Waals surface area (Å²) in [6.07, 6.45) is 3.20. The highest BCUT2D eigenvalue weighted by Crippen LogP contribution is 2.32. The van der Waals surface area contributed by atoms with Gasteiger partial charge in [-0.15, -0.1) is 0 Å². The SMILES string of the molecule is CC(O)c1ccc(OCC2CCCc3ccccc32)cc1. The standard InChI is InChI=1S/C19H22O2/c1-14(20)15-9-11-18(12-10-15)21-13-17-7-4-6-16-5-2-3-8-19(16)17/h2-3,5,8-12,14,17,20H,4,6-7,13H2,1H3. The van der Waals surface area contributed by atoms with Gasteiger partial charge >= 0.3 is 0 Å². The lowest BCUT2D eigenvalue weighted by Gasteiger charge is -2.25. The van der Waals surface area contributed by atoms with Gasteiger partial charge in [0, 0.05) is 5.92 Å². The number of aliphatic hydroxyl groups excluding tert-OH is 1. The van der Waals surface area contributed by atoms with Gasteiger partial charge in [-0.2, -0.15) is 0 Å². The smallest absolute Gasteiger partial charge is 0.119 e. The molecular weight excluding hydrogens is 260 g/mol. The van der Waals surface area contributed by atoms with Crippen molar-refractivity contribution in [2.24, 2.45) is 0 Å². The van der Waals surface area contributed by atoms with Crippen molar-refractivity contribution >= 4 is 0 Å². The molecule has 21 heavy (non-hydrogen) atoms. The Balaban J connectivity index is 1.66. The van der Waals surface area contributed by atoms with E-state index in [-0.39, 0.29) is 0 Å². The highest BCUT2D eigenvalue weighted by atomic mass is 16.5. The van der Waals surface area contributed by atoms with Crippen LogP contribution in [-0.2, 0) is 6.42 Å². The topological polar surface area (TPSA) is 29.5 Å². The molecule has 0 spiro atoms. The summed E-state index contributed by atoms with van der Waals surface area (Å²) in [5.41, 5.74) is 3.84. The minimum absolute atomic E-state index is 0.427. The molecule has 0 aliphatic heterocycles. The number of aryl methyl sites for hydroxylation is 1. The van der Waals surface area contributed by atoms with Gasteiger partial charge in [0.1, 0.15) is 5.75 Å². The summed E-state index contributed by atoms with van der Waals surface area (Å²) in [4.78, 5) is 0. The average Bonchev–Trinajstić information content (AvgIpc) is 2.53. The van der Waals surface area contributed by atoms with Crippen LogP contribution in [0.2, 0.25) is 0 Å². The first kappa shape index (κ1) is 14.2. The Morgan fingerprint density at radius 2 is 1.90 bits per heavy atom. The first-order chi connectivity index (χ1) is 10.2. The molecule has 1 N–H and O–H groups in total. The molecule has 0 saturated carbocycles. The molecule has 0 radical (unpaired) electrons. The second kappa shape index (κ2) is 6.31. The van der Waals surface area contributed by atoms with E-state index in [9.17, 15) is 5.11 Å². The van der Waals surface area contributed by atoms with Crippen LogP contribution in [0.15, 0.2) is 48.5 Å². The van der Waals surface area contributed by atoms with Crippen molar-refractivity contribution in [3.05, 3.63) is 65.2 Å². The third-order valence-corrected chi connectivity index (χ3v) is 4.31. The minimum Gasteiger partial charge on any atom is -0.493 e. The average molecular weight is 282 g/mol.